The van der Waals surface area contributed by atoms with Crippen LogP contribution in [0.1, 0.15) is 17.3 Å². The fourth-order valence-electron chi connectivity index (χ4n) is 2.34. The zero-order chi connectivity index (χ0) is 15.0. The highest BCUT2D eigenvalue weighted by Crippen LogP contribution is 2.31. The second-order valence-corrected chi connectivity index (χ2v) is 4.77. The number of aromatic hydroxyl groups is 1. The summed E-state index contributed by atoms with van der Waals surface area (Å²) in [7, 11) is 0. The molecule has 1 heterocycles. The fraction of sp³-hybridized carbons (Fsp3) is 0.0588. The molecule has 3 aromatic rings. The highest BCUT2D eigenvalue weighted by Gasteiger charge is 2.14. The van der Waals surface area contributed by atoms with E-state index in [0.29, 0.717) is 10.9 Å². The lowest BCUT2D eigenvalue weighted by Crippen LogP contribution is -2.00. The van der Waals surface area contributed by atoms with Gasteiger partial charge in [0, 0.05) is 17.5 Å². The van der Waals surface area contributed by atoms with Crippen molar-refractivity contribution < 1.29 is 14.3 Å². The van der Waals surface area contributed by atoms with Crippen LogP contribution < -0.4 is 5.63 Å². The van der Waals surface area contributed by atoms with Crippen LogP contribution in [0.25, 0.3) is 22.1 Å². The number of carbonyl (C=O) groups excluding carboxylic acids is 1. The fourth-order valence-corrected chi connectivity index (χ4v) is 2.34. The maximum absolute atomic E-state index is 11.7. The van der Waals surface area contributed by atoms with Crippen molar-refractivity contribution in [2.24, 2.45) is 0 Å². The Labute approximate surface area is 120 Å². The van der Waals surface area contributed by atoms with E-state index in [4.69, 9.17) is 4.42 Å². The van der Waals surface area contributed by atoms with Crippen LogP contribution in [0, 0.1) is 0 Å². The molecule has 4 heteroatoms. The van der Waals surface area contributed by atoms with Gasteiger partial charge in [-0.1, -0.05) is 30.3 Å². The van der Waals surface area contributed by atoms with Gasteiger partial charge in [-0.2, -0.15) is 0 Å². The number of phenols is 1. The number of hydrogen-bond donors (Lipinski definition) is 1. The summed E-state index contributed by atoms with van der Waals surface area (Å²) in [6.07, 6.45) is 0. The van der Waals surface area contributed by atoms with Gasteiger partial charge in [0.25, 0.3) is 0 Å². The number of ketones is 1. The number of Topliss-reactive ketones (excluding diaryl/α,β-unsaturated/α-hetero) is 1. The van der Waals surface area contributed by atoms with Crippen molar-refractivity contribution in [2.75, 3.05) is 0 Å². The molecular weight excluding hydrogens is 268 g/mol. The number of phenolic OH excluding ortho intramolecular Hbond substituents is 1. The maximum Gasteiger partial charge on any atom is 0.336 e. The van der Waals surface area contributed by atoms with Crippen LogP contribution in [-0.2, 0) is 0 Å². The molecule has 0 aliphatic rings. The molecule has 1 aromatic heterocycles. The third-order valence-electron chi connectivity index (χ3n) is 3.32. The van der Waals surface area contributed by atoms with E-state index in [1.807, 2.05) is 30.3 Å². The van der Waals surface area contributed by atoms with E-state index in [-0.39, 0.29) is 22.7 Å². The molecule has 0 unspecified atom stereocenters. The molecule has 0 aliphatic carbocycles. The molecule has 0 spiro atoms. The van der Waals surface area contributed by atoms with Crippen molar-refractivity contribution in [3.05, 3.63) is 64.5 Å². The third-order valence-corrected chi connectivity index (χ3v) is 3.32. The first kappa shape index (κ1) is 13.1. The molecular formula is C17H12O4. The standard InChI is InChI=1S/C17H12O4/c1-10(18)12-7-14-13(11-5-3-2-4-6-11)8-17(20)21-16(14)9-15(12)19/h2-9,19H,1H3. The molecule has 0 fully saturated rings. The molecule has 104 valence electrons. The maximum atomic E-state index is 11.7. The molecule has 3 rings (SSSR count). The summed E-state index contributed by atoms with van der Waals surface area (Å²) in [6.45, 7) is 1.38. The predicted molar refractivity (Wildman–Crippen MR) is 79.6 cm³/mol. The minimum Gasteiger partial charge on any atom is -0.507 e. The molecule has 0 bridgehead atoms. The van der Waals surface area contributed by atoms with Crippen molar-refractivity contribution in [1.82, 2.24) is 0 Å². The molecule has 2 aromatic carbocycles. The van der Waals surface area contributed by atoms with Gasteiger partial charge in [0.15, 0.2) is 5.78 Å². The molecule has 0 atom stereocenters. The van der Waals surface area contributed by atoms with E-state index in [1.54, 1.807) is 6.07 Å². The average molecular weight is 280 g/mol. The van der Waals surface area contributed by atoms with Crippen molar-refractivity contribution in [3.63, 3.8) is 0 Å². The van der Waals surface area contributed by atoms with Gasteiger partial charge < -0.3 is 9.52 Å². The Hall–Kier alpha value is -2.88. The van der Waals surface area contributed by atoms with Crippen LogP contribution in [0.4, 0.5) is 0 Å². The first-order valence-corrected chi connectivity index (χ1v) is 6.43. The molecule has 0 amide bonds. The van der Waals surface area contributed by atoms with Crippen molar-refractivity contribution >= 4 is 16.8 Å². The van der Waals surface area contributed by atoms with E-state index >= 15 is 0 Å². The number of benzene rings is 2. The van der Waals surface area contributed by atoms with Gasteiger partial charge in [-0.3, -0.25) is 4.79 Å². The van der Waals surface area contributed by atoms with Crippen LogP contribution in [0.3, 0.4) is 0 Å². The monoisotopic (exact) mass is 280 g/mol. The van der Waals surface area contributed by atoms with Crippen LogP contribution >= 0.6 is 0 Å². The summed E-state index contributed by atoms with van der Waals surface area (Å²) in [5.41, 5.74) is 1.47. The molecule has 0 radical (unpaired) electrons. The van der Waals surface area contributed by atoms with E-state index < -0.39 is 5.63 Å². The number of rotatable bonds is 2. The van der Waals surface area contributed by atoms with Crippen molar-refractivity contribution in [1.29, 1.82) is 0 Å². The lowest BCUT2D eigenvalue weighted by atomic mass is 9.99. The third kappa shape index (κ3) is 2.31. The van der Waals surface area contributed by atoms with Gasteiger partial charge in [0.1, 0.15) is 11.3 Å². The lowest BCUT2D eigenvalue weighted by Gasteiger charge is -2.08. The SMILES string of the molecule is CC(=O)c1cc2c(-c3ccccc3)cc(=O)oc2cc1O. The van der Waals surface area contributed by atoms with Gasteiger partial charge in [-0.15, -0.1) is 0 Å². The molecule has 21 heavy (non-hydrogen) atoms. The van der Waals surface area contributed by atoms with E-state index in [0.717, 1.165) is 5.56 Å². The zero-order valence-corrected chi connectivity index (χ0v) is 11.3. The summed E-state index contributed by atoms with van der Waals surface area (Å²) in [6, 6.07) is 13.6. The first-order chi connectivity index (χ1) is 10.1. The topological polar surface area (TPSA) is 67.5 Å². The van der Waals surface area contributed by atoms with E-state index in [1.165, 1.54) is 19.1 Å². The van der Waals surface area contributed by atoms with Gasteiger partial charge >= 0.3 is 5.63 Å². The van der Waals surface area contributed by atoms with Gasteiger partial charge in [0.2, 0.25) is 0 Å². The molecule has 0 saturated carbocycles. The highest BCUT2D eigenvalue weighted by atomic mass is 16.4. The smallest absolute Gasteiger partial charge is 0.336 e. The normalized spacial score (nSPS) is 10.7. The van der Waals surface area contributed by atoms with E-state index in [9.17, 15) is 14.7 Å². The van der Waals surface area contributed by atoms with Crippen LogP contribution in [0.5, 0.6) is 5.75 Å². The second-order valence-electron chi connectivity index (χ2n) is 4.77. The van der Waals surface area contributed by atoms with Gasteiger partial charge in [0.05, 0.1) is 5.56 Å². The van der Waals surface area contributed by atoms with Gasteiger partial charge in [-0.25, -0.2) is 4.79 Å². The Morgan fingerprint density at radius 1 is 1.10 bits per heavy atom. The molecule has 0 aliphatic heterocycles. The first-order valence-electron chi connectivity index (χ1n) is 6.43. The predicted octanol–water partition coefficient (Wildman–Crippen LogP) is 3.37. The zero-order valence-electron chi connectivity index (χ0n) is 11.3. The molecule has 4 nitrogen and oxygen atoms in total. The van der Waals surface area contributed by atoms with Gasteiger partial charge in [-0.05, 0) is 24.1 Å². The Balaban J connectivity index is 2.41. The summed E-state index contributed by atoms with van der Waals surface area (Å²) < 4.78 is 5.11. The minimum absolute atomic E-state index is 0.191. The second kappa shape index (κ2) is 4.90. The lowest BCUT2D eigenvalue weighted by molar-refractivity contribution is 0.101. The highest BCUT2D eigenvalue weighted by molar-refractivity contribution is 6.03. The number of carbonyl (C=O) groups is 1. The molecule has 0 saturated heterocycles. The number of hydrogen-bond acceptors (Lipinski definition) is 4. The van der Waals surface area contributed by atoms with Crippen LogP contribution in [-0.4, -0.2) is 10.9 Å². The van der Waals surface area contributed by atoms with Crippen LogP contribution in [0.15, 0.2) is 57.7 Å². The molecule has 1 N–H and O–H groups in total. The largest absolute Gasteiger partial charge is 0.507 e. The van der Waals surface area contributed by atoms with E-state index in [2.05, 4.69) is 0 Å². The number of fused-ring (bicyclic) bond motifs is 1. The summed E-state index contributed by atoms with van der Waals surface area (Å²) >= 11 is 0. The summed E-state index contributed by atoms with van der Waals surface area (Å²) in [4.78, 5) is 23.3. The minimum atomic E-state index is -0.503. The Morgan fingerprint density at radius 2 is 1.81 bits per heavy atom. The Bertz CT molecular complexity index is 892. The Morgan fingerprint density at radius 3 is 2.48 bits per heavy atom. The van der Waals surface area contributed by atoms with Crippen molar-refractivity contribution in [2.45, 2.75) is 6.92 Å². The van der Waals surface area contributed by atoms with Crippen LogP contribution in [0.2, 0.25) is 0 Å². The quantitative estimate of drug-likeness (QED) is 0.577. The summed E-state index contributed by atoms with van der Waals surface area (Å²) in [5, 5.41) is 10.5. The average Bonchev–Trinajstić information content (AvgIpc) is 2.46. The summed E-state index contributed by atoms with van der Waals surface area (Å²) in [5.74, 6) is -0.442. The van der Waals surface area contributed by atoms with Crippen molar-refractivity contribution in [3.8, 4) is 16.9 Å². The Kier molecular flexibility index (Phi) is 3.06.